The van der Waals surface area contributed by atoms with Crippen LogP contribution in [-0.2, 0) is 0 Å². The minimum absolute atomic E-state index is 0.537. The molecule has 0 heterocycles. The van der Waals surface area contributed by atoms with Crippen LogP contribution >= 0.6 is 46.6 Å². The van der Waals surface area contributed by atoms with Crippen LogP contribution in [0.25, 0.3) is 0 Å². The average molecular weight is 326 g/mol. The molecule has 1 rings (SSSR count). The molecule has 0 aliphatic heterocycles. The maximum absolute atomic E-state index is 6.14. The smallest absolute Gasteiger partial charge is 0.0729 e. The van der Waals surface area contributed by atoms with Crippen molar-refractivity contribution in [3.63, 3.8) is 0 Å². The van der Waals surface area contributed by atoms with E-state index in [2.05, 4.69) is 6.92 Å². The lowest BCUT2D eigenvalue weighted by atomic mass is 10.1. The van der Waals surface area contributed by atoms with Crippen LogP contribution in [0.5, 0.6) is 0 Å². The molecule has 1 aromatic carbocycles. The second-order valence-electron chi connectivity index (χ2n) is 4.32. The van der Waals surface area contributed by atoms with Crippen molar-refractivity contribution in [3.8, 4) is 0 Å². The van der Waals surface area contributed by atoms with Crippen LogP contribution in [-0.4, -0.2) is 5.75 Å². The zero-order valence-electron chi connectivity index (χ0n) is 10.6. The van der Waals surface area contributed by atoms with Crippen molar-refractivity contribution in [2.45, 2.75) is 50.3 Å². The second kappa shape index (κ2) is 9.36. The summed E-state index contributed by atoms with van der Waals surface area (Å²) in [5.74, 6) is 1.07. The standard InChI is InChI=1S/C14H19Cl3S/c1-2-3-4-5-6-7-8-18-13-10-11(15)9-12(16)14(13)17/h9-10H,2-8H2,1H3. The first-order chi connectivity index (χ1) is 8.65. The summed E-state index contributed by atoms with van der Waals surface area (Å²) in [4.78, 5) is 0.989. The molecule has 0 radical (unpaired) electrons. The van der Waals surface area contributed by atoms with Gasteiger partial charge in [0.15, 0.2) is 0 Å². The molecule has 0 saturated carbocycles. The Hall–Kier alpha value is 0.440. The van der Waals surface area contributed by atoms with Gasteiger partial charge in [-0.2, -0.15) is 0 Å². The fraction of sp³-hybridized carbons (Fsp3) is 0.571. The SMILES string of the molecule is CCCCCCCCSc1cc(Cl)cc(Cl)c1Cl. The summed E-state index contributed by atoms with van der Waals surface area (Å²) >= 11 is 19.8. The highest BCUT2D eigenvalue weighted by atomic mass is 35.5. The maximum atomic E-state index is 6.14. The van der Waals surface area contributed by atoms with Crippen molar-refractivity contribution in [2.75, 3.05) is 5.75 Å². The Balaban J connectivity index is 2.27. The lowest BCUT2D eigenvalue weighted by Crippen LogP contribution is -1.84. The Morgan fingerprint density at radius 3 is 2.33 bits per heavy atom. The molecule has 0 amide bonds. The van der Waals surface area contributed by atoms with E-state index in [-0.39, 0.29) is 0 Å². The summed E-state index contributed by atoms with van der Waals surface area (Å²) < 4.78 is 0. The van der Waals surface area contributed by atoms with E-state index in [1.807, 2.05) is 6.07 Å². The van der Waals surface area contributed by atoms with E-state index >= 15 is 0 Å². The highest BCUT2D eigenvalue weighted by Gasteiger charge is 2.07. The van der Waals surface area contributed by atoms with E-state index in [1.165, 1.54) is 38.5 Å². The topological polar surface area (TPSA) is 0 Å². The van der Waals surface area contributed by atoms with Crippen LogP contribution in [0.4, 0.5) is 0 Å². The Morgan fingerprint density at radius 1 is 0.944 bits per heavy atom. The van der Waals surface area contributed by atoms with Gasteiger partial charge in [0.2, 0.25) is 0 Å². The third-order valence-electron chi connectivity index (χ3n) is 2.72. The van der Waals surface area contributed by atoms with Gasteiger partial charge >= 0.3 is 0 Å². The fourth-order valence-electron chi connectivity index (χ4n) is 1.70. The number of hydrogen-bond donors (Lipinski definition) is 0. The number of unbranched alkanes of at least 4 members (excludes halogenated alkanes) is 5. The molecule has 0 aliphatic carbocycles. The van der Waals surface area contributed by atoms with E-state index in [0.29, 0.717) is 15.1 Å². The summed E-state index contributed by atoms with van der Waals surface area (Å²) in [5, 5.41) is 1.81. The van der Waals surface area contributed by atoms with Crippen LogP contribution in [0.1, 0.15) is 45.4 Å². The molecule has 0 fully saturated rings. The van der Waals surface area contributed by atoms with Gasteiger partial charge in [-0.15, -0.1) is 11.8 Å². The molecule has 0 unspecified atom stereocenters. The zero-order valence-corrected chi connectivity index (χ0v) is 13.7. The van der Waals surface area contributed by atoms with E-state index in [9.17, 15) is 0 Å². The molecule has 0 aliphatic rings. The molecular weight excluding hydrogens is 307 g/mol. The highest BCUT2D eigenvalue weighted by Crippen LogP contribution is 2.36. The van der Waals surface area contributed by atoms with Gasteiger partial charge < -0.3 is 0 Å². The molecular formula is C14H19Cl3S. The van der Waals surface area contributed by atoms with Gasteiger partial charge in [-0.1, -0.05) is 73.8 Å². The summed E-state index contributed by atoms with van der Waals surface area (Å²) in [5.41, 5.74) is 0. The first-order valence-corrected chi connectivity index (χ1v) is 8.54. The fourth-order valence-corrected chi connectivity index (χ4v) is 3.60. The van der Waals surface area contributed by atoms with Gasteiger partial charge in [0, 0.05) is 9.92 Å². The summed E-state index contributed by atoms with van der Waals surface area (Å²) in [7, 11) is 0. The van der Waals surface area contributed by atoms with Crippen molar-refractivity contribution < 1.29 is 0 Å². The molecule has 0 atom stereocenters. The molecule has 0 spiro atoms. The number of hydrogen-bond acceptors (Lipinski definition) is 1. The number of rotatable bonds is 8. The monoisotopic (exact) mass is 324 g/mol. The number of halogens is 3. The predicted molar refractivity (Wildman–Crippen MR) is 85.6 cm³/mol. The molecule has 18 heavy (non-hydrogen) atoms. The summed E-state index contributed by atoms with van der Waals surface area (Å²) in [6, 6.07) is 3.57. The average Bonchev–Trinajstić information content (AvgIpc) is 2.33. The predicted octanol–water partition coefficient (Wildman–Crippen LogP) is 7.10. The minimum atomic E-state index is 0.537. The molecule has 0 nitrogen and oxygen atoms in total. The van der Waals surface area contributed by atoms with E-state index in [4.69, 9.17) is 34.8 Å². The van der Waals surface area contributed by atoms with Crippen molar-refractivity contribution in [3.05, 3.63) is 27.2 Å². The zero-order chi connectivity index (χ0) is 13.4. The lowest BCUT2D eigenvalue weighted by Gasteiger charge is -2.06. The number of benzene rings is 1. The van der Waals surface area contributed by atoms with Gasteiger partial charge in [-0.25, -0.2) is 0 Å². The first-order valence-electron chi connectivity index (χ1n) is 6.42. The van der Waals surface area contributed by atoms with E-state index in [0.717, 1.165) is 10.6 Å². The van der Waals surface area contributed by atoms with Crippen molar-refractivity contribution in [1.29, 1.82) is 0 Å². The van der Waals surface area contributed by atoms with Crippen molar-refractivity contribution in [2.24, 2.45) is 0 Å². The number of thioether (sulfide) groups is 1. The Labute approximate surface area is 129 Å². The second-order valence-corrected chi connectivity index (χ2v) is 6.67. The van der Waals surface area contributed by atoms with Crippen LogP contribution in [0.15, 0.2) is 17.0 Å². The van der Waals surface area contributed by atoms with Crippen LogP contribution in [0.3, 0.4) is 0 Å². The van der Waals surface area contributed by atoms with Gasteiger partial charge in [0.25, 0.3) is 0 Å². The third-order valence-corrected chi connectivity index (χ3v) is 4.97. The van der Waals surface area contributed by atoms with E-state index < -0.39 is 0 Å². The minimum Gasteiger partial charge on any atom is -0.124 e. The quantitative estimate of drug-likeness (QED) is 0.279. The Kier molecular flexibility index (Phi) is 8.58. The normalized spacial score (nSPS) is 10.9. The Morgan fingerprint density at radius 2 is 1.61 bits per heavy atom. The van der Waals surface area contributed by atoms with Gasteiger partial charge in [-0.3, -0.25) is 0 Å². The van der Waals surface area contributed by atoms with Gasteiger partial charge in [0.05, 0.1) is 10.0 Å². The van der Waals surface area contributed by atoms with Crippen LogP contribution in [0, 0.1) is 0 Å². The lowest BCUT2D eigenvalue weighted by molar-refractivity contribution is 0.627. The molecule has 1 aromatic rings. The first kappa shape index (κ1) is 16.5. The highest BCUT2D eigenvalue weighted by molar-refractivity contribution is 7.99. The summed E-state index contributed by atoms with van der Waals surface area (Å²) in [6.45, 7) is 2.24. The van der Waals surface area contributed by atoms with Crippen LogP contribution < -0.4 is 0 Å². The van der Waals surface area contributed by atoms with Crippen LogP contribution in [0.2, 0.25) is 15.1 Å². The van der Waals surface area contributed by atoms with Gasteiger partial charge in [0.1, 0.15) is 0 Å². The van der Waals surface area contributed by atoms with Crippen molar-refractivity contribution in [1.82, 2.24) is 0 Å². The van der Waals surface area contributed by atoms with E-state index in [1.54, 1.807) is 17.8 Å². The molecule has 4 heteroatoms. The van der Waals surface area contributed by atoms with Gasteiger partial charge in [-0.05, 0) is 24.3 Å². The summed E-state index contributed by atoms with van der Waals surface area (Å²) in [6.07, 6.45) is 7.84. The maximum Gasteiger partial charge on any atom is 0.0729 e. The molecule has 0 saturated heterocycles. The third kappa shape index (κ3) is 6.06. The molecule has 0 bridgehead atoms. The molecule has 102 valence electrons. The molecule has 0 N–H and O–H groups in total. The van der Waals surface area contributed by atoms with Crippen molar-refractivity contribution >= 4 is 46.6 Å². The largest absolute Gasteiger partial charge is 0.124 e. The molecule has 0 aromatic heterocycles. The Bertz CT molecular complexity index is 366.